The van der Waals surface area contributed by atoms with Crippen LogP contribution >= 0.6 is 0 Å². The fourth-order valence-corrected chi connectivity index (χ4v) is 3.50. The van der Waals surface area contributed by atoms with Crippen LogP contribution in [0.1, 0.15) is 11.6 Å². The summed E-state index contributed by atoms with van der Waals surface area (Å²) in [6, 6.07) is 12.3. The first-order chi connectivity index (χ1) is 14.5. The van der Waals surface area contributed by atoms with Crippen molar-refractivity contribution in [1.29, 1.82) is 0 Å². The first-order valence-corrected chi connectivity index (χ1v) is 9.33. The van der Waals surface area contributed by atoms with Crippen molar-refractivity contribution in [2.45, 2.75) is 12.1 Å². The molecule has 2 atom stereocenters. The number of fused-ring (bicyclic) bond motifs is 1. The highest BCUT2D eigenvalue weighted by Crippen LogP contribution is 2.30. The van der Waals surface area contributed by atoms with Gasteiger partial charge in [0.05, 0.1) is 30.6 Å². The molecular weight excluding hydrogens is 389 g/mol. The number of morpholine rings is 1. The van der Waals surface area contributed by atoms with Crippen molar-refractivity contribution in [2.75, 3.05) is 26.1 Å². The number of nitrogens with one attached hydrogen (secondary N) is 1. The molecule has 2 unspecified atom stereocenters. The molecule has 4 rings (SSSR count). The van der Waals surface area contributed by atoms with Crippen LogP contribution in [-0.2, 0) is 14.3 Å². The number of hydrogen-bond acceptors (Lipinski definition) is 5. The van der Waals surface area contributed by atoms with E-state index in [-0.39, 0.29) is 12.5 Å². The molecule has 1 fully saturated rings. The van der Waals surface area contributed by atoms with E-state index < -0.39 is 23.9 Å². The molecule has 2 amide bonds. The summed E-state index contributed by atoms with van der Waals surface area (Å²) < 4.78 is 24.1. The summed E-state index contributed by atoms with van der Waals surface area (Å²) in [7, 11) is 3.18. The summed E-state index contributed by atoms with van der Waals surface area (Å²) in [4.78, 5) is 31.0. The average molecular weight is 409 g/mol. The molecule has 8 heteroatoms. The highest BCUT2D eigenvalue weighted by molar-refractivity contribution is 5.97. The third kappa shape index (κ3) is 3.81. The molecule has 0 bridgehead atoms. The van der Waals surface area contributed by atoms with E-state index in [0.717, 1.165) is 10.9 Å². The Morgan fingerprint density at radius 2 is 2.00 bits per heavy atom. The van der Waals surface area contributed by atoms with Crippen LogP contribution in [0.25, 0.3) is 10.9 Å². The van der Waals surface area contributed by atoms with Gasteiger partial charge in [0.15, 0.2) is 6.10 Å². The first kappa shape index (κ1) is 19.8. The maximum Gasteiger partial charge on any atom is 0.256 e. The molecule has 1 aliphatic rings. The third-order valence-corrected chi connectivity index (χ3v) is 5.11. The lowest BCUT2D eigenvalue weighted by Gasteiger charge is -2.38. The zero-order valence-electron chi connectivity index (χ0n) is 16.5. The third-order valence-electron chi connectivity index (χ3n) is 5.11. The minimum Gasteiger partial charge on any atom is -0.497 e. The quantitative estimate of drug-likeness (QED) is 0.717. The Morgan fingerprint density at radius 3 is 2.73 bits per heavy atom. The van der Waals surface area contributed by atoms with Crippen molar-refractivity contribution in [3.05, 3.63) is 66.1 Å². The smallest absolute Gasteiger partial charge is 0.256 e. The molecule has 0 radical (unpaired) electrons. The first-order valence-electron chi connectivity index (χ1n) is 9.33. The lowest BCUT2D eigenvalue weighted by molar-refractivity contribution is -0.160. The summed E-state index contributed by atoms with van der Waals surface area (Å²) in [5, 5.41) is 3.64. The van der Waals surface area contributed by atoms with Gasteiger partial charge in [0.25, 0.3) is 5.91 Å². The second-order valence-electron chi connectivity index (χ2n) is 7.00. The number of aromatic nitrogens is 1. The van der Waals surface area contributed by atoms with Crippen LogP contribution in [0, 0.1) is 5.82 Å². The number of anilines is 1. The molecule has 0 saturated carbocycles. The predicted octanol–water partition coefficient (Wildman–Crippen LogP) is 2.92. The van der Waals surface area contributed by atoms with Crippen LogP contribution in [0.5, 0.6) is 5.75 Å². The van der Waals surface area contributed by atoms with Crippen molar-refractivity contribution >= 4 is 28.4 Å². The van der Waals surface area contributed by atoms with E-state index in [0.29, 0.717) is 17.0 Å². The van der Waals surface area contributed by atoms with E-state index >= 15 is 0 Å². The topological polar surface area (TPSA) is 80.8 Å². The van der Waals surface area contributed by atoms with Crippen LogP contribution in [0.3, 0.4) is 0 Å². The summed E-state index contributed by atoms with van der Waals surface area (Å²) >= 11 is 0. The minimum absolute atomic E-state index is 0.206. The van der Waals surface area contributed by atoms with E-state index in [9.17, 15) is 14.0 Å². The number of halogens is 1. The zero-order chi connectivity index (χ0) is 21.3. The lowest BCUT2D eigenvalue weighted by Crippen LogP contribution is -2.51. The monoisotopic (exact) mass is 409 g/mol. The lowest BCUT2D eigenvalue weighted by atomic mass is 9.97. The van der Waals surface area contributed by atoms with Crippen LogP contribution in [-0.4, -0.2) is 48.6 Å². The molecule has 0 aliphatic carbocycles. The van der Waals surface area contributed by atoms with Crippen molar-refractivity contribution in [1.82, 2.24) is 9.88 Å². The molecule has 3 aromatic rings. The normalized spacial score (nSPS) is 19.0. The second kappa shape index (κ2) is 8.08. The van der Waals surface area contributed by atoms with Gasteiger partial charge in [0.2, 0.25) is 5.91 Å². The number of amides is 2. The van der Waals surface area contributed by atoms with Crippen LogP contribution < -0.4 is 10.1 Å². The number of nitrogens with zero attached hydrogens (tertiary/aromatic N) is 2. The van der Waals surface area contributed by atoms with Crippen molar-refractivity contribution in [3.63, 3.8) is 0 Å². The molecular formula is C22H20FN3O4. The summed E-state index contributed by atoms with van der Waals surface area (Å²) in [5.74, 6) is -0.380. The SMILES string of the molecule is COc1ccc2cc(NC(=O)C3OCC(=O)N(C)C3c3ccc(F)cc3)cnc2c1. The standard InChI is InChI=1S/C22H20FN3O4/c1-26-19(27)12-30-21(20(26)13-3-6-15(23)7-4-13)22(28)25-16-9-14-5-8-17(29-2)10-18(14)24-11-16/h3-11,20-21H,12H2,1-2H3,(H,25,28). The molecule has 1 aromatic heterocycles. The average Bonchev–Trinajstić information content (AvgIpc) is 2.76. The van der Waals surface area contributed by atoms with Gasteiger partial charge in [-0.25, -0.2) is 4.39 Å². The van der Waals surface area contributed by atoms with Gasteiger partial charge < -0.3 is 19.7 Å². The largest absolute Gasteiger partial charge is 0.497 e. The van der Waals surface area contributed by atoms with Gasteiger partial charge in [-0.05, 0) is 35.9 Å². The molecule has 7 nitrogen and oxygen atoms in total. The Labute approximate surface area is 172 Å². The number of carbonyl (C=O) groups is 2. The molecule has 2 aromatic carbocycles. The van der Waals surface area contributed by atoms with E-state index in [1.165, 1.54) is 17.0 Å². The van der Waals surface area contributed by atoms with Crippen molar-refractivity contribution < 1.29 is 23.5 Å². The number of benzene rings is 2. The molecule has 1 saturated heterocycles. The number of pyridine rings is 1. The number of ether oxygens (including phenoxy) is 2. The summed E-state index contributed by atoms with van der Waals surface area (Å²) in [6.45, 7) is -0.206. The maximum atomic E-state index is 13.3. The van der Waals surface area contributed by atoms with Gasteiger partial charge in [-0.15, -0.1) is 0 Å². The predicted molar refractivity (Wildman–Crippen MR) is 109 cm³/mol. The number of hydrogen-bond donors (Lipinski definition) is 1. The van der Waals surface area contributed by atoms with Crippen LogP contribution in [0.15, 0.2) is 54.7 Å². The maximum absolute atomic E-state index is 13.3. The molecule has 1 N–H and O–H groups in total. The Balaban J connectivity index is 1.59. The number of likely N-dealkylation sites (N-methyl/N-ethyl adjacent to an activating group) is 1. The van der Waals surface area contributed by atoms with Crippen molar-refractivity contribution in [3.8, 4) is 5.75 Å². The molecule has 30 heavy (non-hydrogen) atoms. The van der Waals surface area contributed by atoms with Gasteiger partial charge in [-0.2, -0.15) is 0 Å². The van der Waals surface area contributed by atoms with E-state index in [1.807, 2.05) is 12.1 Å². The number of carbonyl (C=O) groups excluding carboxylic acids is 2. The minimum atomic E-state index is -0.954. The van der Waals surface area contributed by atoms with Gasteiger partial charge in [0.1, 0.15) is 18.2 Å². The summed E-state index contributed by atoms with van der Waals surface area (Å²) in [5.41, 5.74) is 1.84. The molecule has 154 valence electrons. The Kier molecular flexibility index (Phi) is 5.33. The van der Waals surface area contributed by atoms with Gasteiger partial charge in [-0.1, -0.05) is 12.1 Å². The summed E-state index contributed by atoms with van der Waals surface area (Å²) in [6.07, 6.45) is 0.592. The van der Waals surface area contributed by atoms with E-state index in [2.05, 4.69) is 10.3 Å². The van der Waals surface area contributed by atoms with Gasteiger partial charge in [0, 0.05) is 18.5 Å². The highest BCUT2D eigenvalue weighted by Gasteiger charge is 2.40. The fourth-order valence-electron chi connectivity index (χ4n) is 3.50. The van der Waals surface area contributed by atoms with Crippen molar-refractivity contribution in [2.24, 2.45) is 0 Å². The highest BCUT2D eigenvalue weighted by atomic mass is 19.1. The van der Waals surface area contributed by atoms with Crippen LogP contribution in [0.2, 0.25) is 0 Å². The fraction of sp³-hybridized carbons (Fsp3) is 0.227. The van der Waals surface area contributed by atoms with Crippen LogP contribution in [0.4, 0.5) is 10.1 Å². The Hall–Kier alpha value is -3.52. The molecule has 1 aliphatic heterocycles. The Bertz CT molecular complexity index is 1100. The van der Waals surface area contributed by atoms with E-state index in [4.69, 9.17) is 9.47 Å². The number of rotatable bonds is 4. The Morgan fingerprint density at radius 1 is 1.23 bits per heavy atom. The second-order valence-corrected chi connectivity index (χ2v) is 7.00. The van der Waals surface area contributed by atoms with Gasteiger partial charge >= 0.3 is 0 Å². The number of methoxy groups -OCH3 is 1. The van der Waals surface area contributed by atoms with Gasteiger partial charge in [-0.3, -0.25) is 14.6 Å². The molecule has 0 spiro atoms. The molecule has 2 heterocycles. The zero-order valence-corrected chi connectivity index (χ0v) is 16.5. The van der Waals surface area contributed by atoms with E-state index in [1.54, 1.807) is 44.6 Å².